The molecule has 0 aliphatic rings. The summed E-state index contributed by atoms with van der Waals surface area (Å²) in [6.07, 6.45) is 3.57. The fourth-order valence-electron chi connectivity index (χ4n) is 2.97. The van der Waals surface area contributed by atoms with Crippen LogP contribution in [0.25, 0.3) is 0 Å². The number of aliphatic hydroxyl groups is 1. The molecule has 134 valence electrons. The van der Waals surface area contributed by atoms with E-state index in [9.17, 15) is 5.11 Å². The van der Waals surface area contributed by atoms with Crippen LogP contribution in [0.3, 0.4) is 0 Å². The number of rotatable bonds is 10. The zero-order chi connectivity index (χ0) is 17.9. The van der Waals surface area contributed by atoms with Crippen LogP contribution in [-0.2, 0) is 11.3 Å². The molecule has 0 amide bonds. The lowest BCUT2D eigenvalue weighted by Crippen LogP contribution is -2.08. The summed E-state index contributed by atoms with van der Waals surface area (Å²) >= 11 is 0. The normalized spacial score (nSPS) is 13.4. The summed E-state index contributed by atoms with van der Waals surface area (Å²) < 4.78 is 5.85. The van der Waals surface area contributed by atoms with Crippen molar-refractivity contribution in [1.29, 1.82) is 0 Å². The second-order valence-corrected chi connectivity index (χ2v) is 6.51. The van der Waals surface area contributed by atoms with Crippen molar-refractivity contribution in [2.45, 2.75) is 52.2 Å². The van der Waals surface area contributed by atoms with Gasteiger partial charge in [-0.2, -0.15) is 0 Å². The Morgan fingerprint density at radius 3 is 2.24 bits per heavy atom. The lowest BCUT2D eigenvalue weighted by Gasteiger charge is -2.19. The molecule has 2 nitrogen and oxygen atoms in total. The molecule has 0 radical (unpaired) electrons. The number of allylic oxidation sites excluding steroid dienone is 1. The Kier molecular flexibility index (Phi) is 8.44. The molecule has 2 aromatic carbocycles. The highest BCUT2D eigenvalue weighted by atomic mass is 16.5. The first-order chi connectivity index (χ1) is 12.2. The summed E-state index contributed by atoms with van der Waals surface area (Å²) in [5.74, 6) is 0. The molecule has 2 heteroatoms. The second kappa shape index (κ2) is 10.9. The van der Waals surface area contributed by atoms with Crippen LogP contribution in [0.5, 0.6) is 0 Å². The first kappa shape index (κ1) is 19.4. The van der Waals surface area contributed by atoms with Crippen LogP contribution >= 0.6 is 0 Å². The van der Waals surface area contributed by atoms with E-state index in [-0.39, 0.29) is 0 Å². The Morgan fingerprint density at radius 1 is 0.960 bits per heavy atom. The second-order valence-electron chi connectivity index (χ2n) is 6.51. The SMILES string of the molecule is CCCC/C(C)=C(/CCOCc1ccccc1)C(O)c1ccccc1. The van der Waals surface area contributed by atoms with Crippen LogP contribution in [0.4, 0.5) is 0 Å². The highest BCUT2D eigenvalue weighted by Crippen LogP contribution is 2.29. The van der Waals surface area contributed by atoms with Crippen molar-refractivity contribution in [3.63, 3.8) is 0 Å². The number of unbranched alkanes of at least 4 members (excludes halogenated alkanes) is 1. The average Bonchev–Trinajstić information content (AvgIpc) is 2.67. The number of hydrogen-bond acceptors (Lipinski definition) is 2. The van der Waals surface area contributed by atoms with E-state index in [1.807, 2.05) is 48.5 Å². The van der Waals surface area contributed by atoms with Gasteiger partial charge < -0.3 is 9.84 Å². The number of aliphatic hydroxyl groups excluding tert-OH is 1. The van der Waals surface area contributed by atoms with E-state index in [4.69, 9.17) is 4.74 Å². The highest BCUT2D eigenvalue weighted by Gasteiger charge is 2.15. The maximum absolute atomic E-state index is 10.9. The Hall–Kier alpha value is -1.90. The van der Waals surface area contributed by atoms with Crippen LogP contribution in [0.2, 0.25) is 0 Å². The van der Waals surface area contributed by atoms with Crippen LogP contribution in [0.1, 0.15) is 56.8 Å². The summed E-state index contributed by atoms with van der Waals surface area (Å²) in [6.45, 7) is 5.58. The quantitative estimate of drug-likeness (QED) is 0.436. The Balaban J connectivity index is 1.99. The zero-order valence-corrected chi connectivity index (χ0v) is 15.4. The molecule has 1 unspecified atom stereocenters. The summed E-state index contributed by atoms with van der Waals surface area (Å²) in [6, 6.07) is 20.1. The molecule has 25 heavy (non-hydrogen) atoms. The van der Waals surface area contributed by atoms with Crippen molar-refractivity contribution >= 4 is 0 Å². The molecule has 1 N–H and O–H groups in total. The van der Waals surface area contributed by atoms with Gasteiger partial charge in [0.25, 0.3) is 0 Å². The lowest BCUT2D eigenvalue weighted by molar-refractivity contribution is 0.116. The molecule has 0 fully saturated rings. The lowest BCUT2D eigenvalue weighted by atomic mass is 9.93. The van der Waals surface area contributed by atoms with Gasteiger partial charge >= 0.3 is 0 Å². The van der Waals surface area contributed by atoms with Crippen LogP contribution < -0.4 is 0 Å². The van der Waals surface area contributed by atoms with Crippen molar-refractivity contribution in [3.8, 4) is 0 Å². The third kappa shape index (κ3) is 6.49. The minimum absolute atomic E-state index is 0.543. The van der Waals surface area contributed by atoms with E-state index in [2.05, 4.69) is 26.0 Å². The molecule has 0 aromatic heterocycles. The van der Waals surface area contributed by atoms with Gasteiger partial charge in [0.05, 0.1) is 13.2 Å². The van der Waals surface area contributed by atoms with Crippen molar-refractivity contribution in [2.24, 2.45) is 0 Å². The van der Waals surface area contributed by atoms with Gasteiger partial charge in [-0.15, -0.1) is 0 Å². The summed E-state index contributed by atoms with van der Waals surface area (Å²) in [5.41, 5.74) is 4.53. The smallest absolute Gasteiger partial charge is 0.100 e. The average molecular weight is 338 g/mol. The first-order valence-corrected chi connectivity index (χ1v) is 9.25. The third-order valence-electron chi connectivity index (χ3n) is 4.53. The monoisotopic (exact) mass is 338 g/mol. The summed E-state index contributed by atoms with van der Waals surface area (Å²) in [7, 11) is 0. The van der Waals surface area contributed by atoms with Crippen molar-refractivity contribution in [1.82, 2.24) is 0 Å². The maximum Gasteiger partial charge on any atom is 0.100 e. The summed E-state index contributed by atoms with van der Waals surface area (Å²) in [4.78, 5) is 0. The van der Waals surface area contributed by atoms with Crippen molar-refractivity contribution < 1.29 is 9.84 Å². The molecule has 0 bridgehead atoms. The largest absolute Gasteiger partial charge is 0.384 e. The first-order valence-electron chi connectivity index (χ1n) is 9.25. The molecule has 1 atom stereocenters. The van der Waals surface area contributed by atoms with Crippen LogP contribution in [0.15, 0.2) is 71.8 Å². The topological polar surface area (TPSA) is 29.5 Å². The Labute approximate surface area is 152 Å². The van der Waals surface area contributed by atoms with Gasteiger partial charge in [0.1, 0.15) is 6.10 Å². The van der Waals surface area contributed by atoms with Gasteiger partial charge in [0, 0.05) is 0 Å². The molecule has 0 aliphatic heterocycles. The molecule has 2 rings (SSSR count). The van der Waals surface area contributed by atoms with Gasteiger partial charge in [0.15, 0.2) is 0 Å². The minimum Gasteiger partial charge on any atom is -0.384 e. The van der Waals surface area contributed by atoms with E-state index in [1.165, 1.54) is 11.1 Å². The third-order valence-corrected chi connectivity index (χ3v) is 4.53. The molecule has 0 heterocycles. The van der Waals surface area contributed by atoms with Crippen molar-refractivity contribution in [3.05, 3.63) is 82.9 Å². The van der Waals surface area contributed by atoms with E-state index in [1.54, 1.807) is 0 Å². The van der Waals surface area contributed by atoms with E-state index in [0.29, 0.717) is 13.2 Å². The Morgan fingerprint density at radius 2 is 1.60 bits per heavy atom. The van der Waals surface area contributed by atoms with Gasteiger partial charge in [0.2, 0.25) is 0 Å². The fourth-order valence-corrected chi connectivity index (χ4v) is 2.97. The van der Waals surface area contributed by atoms with Crippen molar-refractivity contribution in [2.75, 3.05) is 6.61 Å². The van der Waals surface area contributed by atoms with Gasteiger partial charge in [-0.25, -0.2) is 0 Å². The fraction of sp³-hybridized carbons (Fsp3) is 0.391. The van der Waals surface area contributed by atoms with Crippen LogP contribution in [0, 0.1) is 0 Å². The van der Waals surface area contributed by atoms with E-state index >= 15 is 0 Å². The van der Waals surface area contributed by atoms with Gasteiger partial charge in [-0.3, -0.25) is 0 Å². The van der Waals surface area contributed by atoms with E-state index in [0.717, 1.165) is 36.8 Å². The Bertz CT molecular complexity index is 632. The molecule has 0 saturated carbocycles. The highest BCUT2D eigenvalue weighted by molar-refractivity contribution is 5.28. The summed E-state index contributed by atoms with van der Waals surface area (Å²) in [5, 5.41) is 10.9. The molecule has 2 aromatic rings. The number of benzene rings is 2. The minimum atomic E-state index is -0.543. The van der Waals surface area contributed by atoms with Crippen LogP contribution in [-0.4, -0.2) is 11.7 Å². The van der Waals surface area contributed by atoms with Gasteiger partial charge in [-0.05, 0) is 42.9 Å². The zero-order valence-electron chi connectivity index (χ0n) is 15.4. The molecular weight excluding hydrogens is 308 g/mol. The van der Waals surface area contributed by atoms with E-state index < -0.39 is 6.10 Å². The standard InChI is InChI=1S/C23H30O2/c1-3-4-11-19(2)22(23(24)21-14-9-6-10-15-21)16-17-25-18-20-12-7-5-8-13-20/h5-10,12-15,23-24H,3-4,11,16-18H2,1-2H3/b22-19-. The maximum atomic E-state index is 10.9. The number of hydrogen-bond donors (Lipinski definition) is 1. The molecule has 0 saturated heterocycles. The number of ether oxygens (including phenoxy) is 1. The molecule has 0 spiro atoms. The predicted molar refractivity (Wildman–Crippen MR) is 104 cm³/mol. The molecular formula is C23H30O2. The predicted octanol–water partition coefficient (Wildman–Crippen LogP) is 5.83. The van der Waals surface area contributed by atoms with Gasteiger partial charge in [-0.1, -0.05) is 79.6 Å². The molecule has 0 aliphatic carbocycles.